The standard InChI is InChI=1S/C8H13BrN2O2S/c1-6(9)4-11-8(13)2-3-14-5-7(10)12/h1-5H2,(H2,10,12)(H,11,13). The molecule has 14 heavy (non-hydrogen) atoms. The van der Waals surface area contributed by atoms with Crippen LogP contribution in [0.3, 0.4) is 0 Å². The first-order valence-corrected chi connectivity index (χ1v) is 5.93. The Morgan fingerprint density at radius 2 is 2.14 bits per heavy atom. The van der Waals surface area contributed by atoms with Gasteiger partial charge in [0.2, 0.25) is 11.8 Å². The van der Waals surface area contributed by atoms with Crippen molar-refractivity contribution in [1.82, 2.24) is 5.32 Å². The minimum absolute atomic E-state index is 0.0532. The van der Waals surface area contributed by atoms with Crippen molar-refractivity contribution in [2.24, 2.45) is 5.73 Å². The quantitative estimate of drug-likeness (QED) is 0.672. The molecule has 2 amide bonds. The van der Waals surface area contributed by atoms with Gasteiger partial charge in [0.05, 0.1) is 5.75 Å². The summed E-state index contributed by atoms with van der Waals surface area (Å²) in [5, 5.41) is 2.66. The number of thioether (sulfide) groups is 1. The predicted octanol–water partition coefficient (Wildman–Crippen LogP) is 0.620. The van der Waals surface area contributed by atoms with E-state index in [-0.39, 0.29) is 17.6 Å². The summed E-state index contributed by atoms with van der Waals surface area (Å²) >= 11 is 4.48. The van der Waals surface area contributed by atoms with Gasteiger partial charge in [-0.15, -0.1) is 0 Å². The molecule has 3 N–H and O–H groups in total. The smallest absolute Gasteiger partial charge is 0.227 e. The first-order chi connectivity index (χ1) is 6.52. The minimum atomic E-state index is -0.357. The maximum Gasteiger partial charge on any atom is 0.227 e. The molecule has 0 bridgehead atoms. The van der Waals surface area contributed by atoms with Gasteiger partial charge in [0.25, 0.3) is 0 Å². The lowest BCUT2D eigenvalue weighted by atomic mass is 10.4. The Kier molecular flexibility index (Phi) is 7.60. The van der Waals surface area contributed by atoms with Gasteiger partial charge in [-0.05, 0) is 0 Å². The highest BCUT2D eigenvalue weighted by Crippen LogP contribution is 2.02. The zero-order valence-electron chi connectivity index (χ0n) is 7.72. The second-order valence-electron chi connectivity index (χ2n) is 2.56. The van der Waals surface area contributed by atoms with Crippen LogP contribution in [0.5, 0.6) is 0 Å². The van der Waals surface area contributed by atoms with Crippen molar-refractivity contribution < 1.29 is 9.59 Å². The summed E-state index contributed by atoms with van der Waals surface area (Å²) in [6, 6.07) is 0. The number of nitrogens with one attached hydrogen (secondary N) is 1. The molecule has 80 valence electrons. The zero-order chi connectivity index (χ0) is 11.0. The molecule has 0 aliphatic rings. The van der Waals surface area contributed by atoms with Gasteiger partial charge in [0, 0.05) is 23.2 Å². The number of carbonyl (C=O) groups is 2. The molecule has 0 spiro atoms. The first-order valence-electron chi connectivity index (χ1n) is 3.98. The molecule has 0 atom stereocenters. The Morgan fingerprint density at radius 1 is 1.50 bits per heavy atom. The van der Waals surface area contributed by atoms with E-state index in [9.17, 15) is 9.59 Å². The SMILES string of the molecule is C=C(Br)CNC(=O)CCSCC(N)=O. The van der Waals surface area contributed by atoms with Gasteiger partial charge in [-0.2, -0.15) is 11.8 Å². The molecule has 0 aromatic heterocycles. The molecule has 0 radical (unpaired) electrons. The summed E-state index contributed by atoms with van der Waals surface area (Å²) in [7, 11) is 0. The van der Waals surface area contributed by atoms with E-state index >= 15 is 0 Å². The lowest BCUT2D eigenvalue weighted by Gasteiger charge is -2.02. The molecule has 0 aromatic carbocycles. The van der Waals surface area contributed by atoms with Crippen LogP contribution >= 0.6 is 27.7 Å². The molecule has 0 heterocycles. The third-order valence-electron chi connectivity index (χ3n) is 1.20. The van der Waals surface area contributed by atoms with E-state index in [1.807, 2.05) is 0 Å². The normalized spacial score (nSPS) is 9.50. The van der Waals surface area contributed by atoms with Crippen LogP contribution in [0.4, 0.5) is 0 Å². The van der Waals surface area contributed by atoms with Crippen LogP contribution < -0.4 is 11.1 Å². The van der Waals surface area contributed by atoms with Crippen LogP contribution in [-0.4, -0.2) is 29.9 Å². The Bertz CT molecular complexity index is 233. The molecule has 0 saturated heterocycles. The Labute approximate surface area is 95.8 Å². The lowest BCUT2D eigenvalue weighted by Crippen LogP contribution is -2.24. The number of amides is 2. The molecule has 0 aliphatic heterocycles. The fourth-order valence-corrected chi connectivity index (χ4v) is 1.44. The van der Waals surface area contributed by atoms with E-state index in [0.29, 0.717) is 18.7 Å². The largest absolute Gasteiger partial charge is 0.369 e. The number of carbonyl (C=O) groups excluding carboxylic acids is 2. The van der Waals surface area contributed by atoms with Crippen molar-refractivity contribution in [2.45, 2.75) is 6.42 Å². The summed E-state index contributed by atoms with van der Waals surface area (Å²) < 4.78 is 0.732. The van der Waals surface area contributed by atoms with E-state index < -0.39 is 0 Å². The van der Waals surface area contributed by atoms with Crippen LogP contribution in [0.1, 0.15) is 6.42 Å². The van der Waals surface area contributed by atoms with Crippen LogP contribution in [0.25, 0.3) is 0 Å². The van der Waals surface area contributed by atoms with Gasteiger partial charge >= 0.3 is 0 Å². The van der Waals surface area contributed by atoms with Crippen LogP contribution in [0.15, 0.2) is 11.1 Å². The van der Waals surface area contributed by atoms with Crippen molar-refractivity contribution >= 4 is 39.5 Å². The maximum atomic E-state index is 11.1. The van der Waals surface area contributed by atoms with Gasteiger partial charge in [-0.1, -0.05) is 22.5 Å². The van der Waals surface area contributed by atoms with Crippen LogP contribution in [-0.2, 0) is 9.59 Å². The van der Waals surface area contributed by atoms with Crippen LogP contribution in [0, 0.1) is 0 Å². The molecule has 0 rings (SSSR count). The van der Waals surface area contributed by atoms with Crippen molar-refractivity contribution in [2.75, 3.05) is 18.1 Å². The third-order valence-corrected chi connectivity index (χ3v) is 2.46. The van der Waals surface area contributed by atoms with Crippen molar-refractivity contribution in [3.05, 3.63) is 11.1 Å². The molecule has 4 nitrogen and oxygen atoms in total. The van der Waals surface area contributed by atoms with Gasteiger partial charge in [0.15, 0.2) is 0 Å². The van der Waals surface area contributed by atoms with Gasteiger partial charge in [-0.3, -0.25) is 9.59 Å². The molecular formula is C8H13BrN2O2S. The maximum absolute atomic E-state index is 11.1. The van der Waals surface area contributed by atoms with Crippen molar-refractivity contribution in [1.29, 1.82) is 0 Å². The summed E-state index contributed by atoms with van der Waals surface area (Å²) in [5.74, 6) is 0.453. The third kappa shape index (κ3) is 9.60. The Hall–Kier alpha value is -0.490. The average Bonchev–Trinajstić information content (AvgIpc) is 2.08. The summed E-state index contributed by atoms with van der Waals surface area (Å²) in [6.45, 7) is 4.01. The zero-order valence-corrected chi connectivity index (χ0v) is 10.1. The number of hydrogen-bond donors (Lipinski definition) is 2. The summed E-state index contributed by atoms with van der Waals surface area (Å²) in [6.07, 6.45) is 0.387. The van der Waals surface area contributed by atoms with Gasteiger partial charge < -0.3 is 11.1 Å². The number of rotatable bonds is 7. The molecule has 0 unspecified atom stereocenters. The minimum Gasteiger partial charge on any atom is -0.369 e. The average molecular weight is 281 g/mol. The van der Waals surface area contributed by atoms with Crippen molar-refractivity contribution in [3.63, 3.8) is 0 Å². The molecule has 0 aliphatic carbocycles. The highest BCUT2D eigenvalue weighted by atomic mass is 79.9. The first kappa shape index (κ1) is 13.5. The second kappa shape index (κ2) is 7.87. The topological polar surface area (TPSA) is 72.2 Å². The summed E-state index contributed by atoms with van der Waals surface area (Å²) in [5.41, 5.74) is 4.93. The van der Waals surface area contributed by atoms with E-state index in [4.69, 9.17) is 5.73 Å². The number of hydrogen-bond acceptors (Lipinski definition) is 3. The van der Waals surface area contributed by atoms with Crippen LogP contribution in [0.2, 0.25) is 0 Å². The van der Waals surface area contributed by atoms with E-state index in [1.54, 1.807) is 0 Å². The fraction of sp³-hybridized carbons (Fsp3) is 0.500. The van der Waals surface area contributed by atoms with E-state index in [1.165, 1.54) is 11.8 Å². The molecule has 6 heteroatoms. The van der Waals surface area contributed by atoms with Gasteiger partial charge in [0.1, 0.15) is 0 Å². The Balaban J connectivity index is 3.36. The number of nitrogens with two attached hydrogens (primary N) is 1. The lowest BCUT2D eigenvalue weighted by molar-refractivity contribution is -0.120. The van der Waals surface area contributed by atoms with E-state index in [0.717, 1.165) is 4.48 Å². The highest BCUT2D eigenvalue weighted by Gasteiger charge is 2.01. The predicted molar refractivity (Wildman–Crippen MR) is 62.2 cm³/mol. The monoisotopic (exact) mass is 280 g/mol. The molecule has 0 fully saturated rings. The molecular weight excluding hydrogens is 268 g/mol. The fourth-order valence-electron chi connectivity index (χ4n) is 0.621. The van der Waals surface area contributed by atoms with E-state index in [2.05, 4.69) is 27.8 Å². The Morgan fingerprint density at radius 3 is 2.64 bits per heavy atom. The second-order valence-corrected chi connectivity index (χ2v) is 4.79. The molecule has 0 saturated carbocycles. The van der Waals surface area contributed by atoms with Gasteiger partial charge in [-0.25, -0.2) is 0 Å². The number of halogens is 1. The highest BCUT2D eigenvalue weighted by molar-refractivity contribution is 9.11. The van der Waals surface area contributed by atoms with Crippen molar-refractivity contribution in [3.8, 4) is 0 Å². The molecule has 0 aromatic rings. The number of primary amides is 1. The summed E-state index contributed by atoms with van der Waals surface area (Å²) in [4.78, 5) is 21.4.